The van der Waals surface area contributed by atoms with E-state index < -0.39 is 0 Å². The second-order valence-electron chi connectivity index (χ2n) is 7.10. The molecule has 0 aliphatic carbocycles. The van der Waals surface area contributed by atoms with Gasteiger partial charge >= 0.3 is 0 Å². The molecule has 8 heteroatoms. The van der Waals surface area contributed by atoms with Crippen LogP contribution in [0, 0.1) is 11.3 Å². The number of aromatic nitrogens is 4. The molecule has 0 bridgehead atoms. The minimum absolute atomic E-state index is 0.163. The number of benzene rings is 1. The fourth-order valence-electron chi connectivity index (χ4n) is 3.59. The van der Waals surface area contributed by atoms with Crippen LogP contribution in [0.2, 0.25) is 0 Å². The van der Waals surface area contributed by atoms with Crippen molar-refractivity contribution in [1.29, 1.82) is 5.26 Å². The monoisotopic (exact) mass is 419 g/mol. The average Bonchev–Trinajstić information content (AvgIpc) is 3.17. The molecule has 0 atom stereocenters. The summed E-state index contributed by atoms with van der Waals surface area (Å²) < 4.78 is 4.62. The first-order chi connectivity index (χ1) is 14.6. The Hall–Kier alpha value is -3.44. The van der Waals surface area contributed by atoms with Crippen molar-refractivity contribution in [3.63, 3.8) is 0 Å². The predicted molar refractivity (Wildman–Crippen MR) is 115 cm³/mol. The van der Waals surface area contributed by atoms with E-state index >= 15 is 0 Å². The maximum atomic E-state index is 13.1. The zero-order valence-corrected chi connectivity index (χ0v) is 17.2. The molecule has 1 aliphatic heterocycles. The molecular formula is C22H21N5O2S. The Morgan fingerprint density at radius 1 is 1.27 bits per heavy atom. The third-order valence-corrected chi connectivity index (χ3v) is 6.20. The molecule has 2 aromatic heterocycles. The lowest BCUT2D eigenvalue weighted by Gasteiger charge is -2.06. The molecular weight excluding hydrogens is 398 g/mol. The van der Waals surface area contributed by atoms with Crippen LogP contribution >= 0.6 is 11.3 Å². The van der Waals surface area contributed by atoms with E-state index in [9.17, 15) is 15.2 Å². The molecule has 0 spiro atoms. The summed E-state index contributed by atoms with van der Waals surface area (Å²) in [4.78, 5) is 13.1. The Kier molecular flexibility index (Phi) is 5.63. The summed E-state index contributed by atoms with van der Waals surface area (Å²) in [6.45, 7) is 4.82. The number of hydrogen-bond donors (Lipinski definition) is 1. The summed E-state index contributed by atoms with van der Waals surface area (Å²) in [7, 11) is 0. The Bertz CT molecular complexity index is 1310. The molecule has 152 valence electrons. The van der Waals surface area contributed by atoms with Gasteiger partial charge in [-0.25, -0.2) is 0 Å². The largest absolute Gasteiger partial charge is 0.508 e. The second kappa shape index (κ2) is 8.51. The van der Waals surface area contributed by atoms with Crippen LogP contribution in [0.4, 0.5) is 0 Å². The van der Waals surface area contributed by atoms with E-state index in [1.807, 2.05) is 4.57 Å². The van der Waals surface area contributed by atoms with Gasteiger partial charge in [0.15, 0.2) is 5.82 Å². The van der Waals surface area contributed by atoms with Crippen molar-refractivity contribution in [2.24, 2.45) is 0 Å². The fraction of sp³-hybridized carbons (Fsp3) is 0.273. The summed E-state index contributed by atoms with van der Waals surface area (Å²) in [5.74, 6) is 1.57. The van der Waals surface area contributed by atoms with Crippen LogP contribution < -0.4 is 14.8 Å². The maximum Gasteiger partial charge on any atom is 0.269 e. The Labute approximate surface area is 177 Å². The third kappa shape index (κ3) is 3.72. The molecule has 4 rings (SSSR count). The van der Waals surface area contributed by atoms with Gasteiger partial charge in [0.25, 0.3) is 5.56 Å². The van der Waals surface area contributed by atoms with E-state index in [2.05, 4.69) is 22.8 Å². The molecule has 0 amide bonds. The first kappa shape index (κ1) is 19.9. The van der Waals surface area contributed by atoms with Gasteiger partial charge in [0.05, 0.1) is 4.53 Å². The van der Waals surface area contributed by atoms with Gasteiger partial charge in [-0.05, 0) is 36.6 Å². The summed E-state index contributed by atoms with van der Waals surface area (Å²) in [5.41, 5.74) is 0.953. The normalized spacial score (nSPS) is 15.2. The molecule has 0 unspecified atom stereocenters. The second-order valence-corrected chi connectivity index (χ2v) is 8.13. The number of phenols is 1. The van der Waals surface area contributed by atoms with Crippen LogP contribution in [0.1, 0.15) is 36.5 Å². The minimum Gasteiger partial charge on any atom is -0.508 e. The number of thiazole rings is 1. The average molecular weight is 420 g/mol. The number of aromatic hydroxyl groups is 1. The van der Waals surface area contributed by atoms with Crippen molar-refractivity contribution in [1.82, 2.24) is 19.3 Å². The van der Waals surface area contributed by atoms with Crippen LogP contribution in [-0.2, 0) is 19.5 Å². The number of nitriles is 1. The van der Waals surface area contributed by atoms with Gasteiger partial charge in [0.2, 0.25) is 0 Å². The van der Waals surface area contributed by atoms with Gasteiger partial charge in [0.1, 0.15) is 27.9 Å². The smallest absolute Gasteiger partial charge is 0.269 e. The van der Waals surface area contributed by atoms with E-state index in [0.29, 0.717) is 27.1 Å². The molecule has 3 heterocycles. The van der Waals surface area contributed by atoms with Crippen molar-refractivity contribution < 1.29 is 5.11 Å². The molecule has 1 N–H and O–H groups in total. The molecule has 1 aliphatic rings. The quantitative estimate of drug-likeness (QED) is 0.649. The van der Waals surface area contributed by atoms with Gasteiger partial charge in [0, 0.05) is 19.5 Å². The SMILES string of the molecule is C=CCn1c(=O)c(=Cc2ccc(O)cc2)s/c1=C(\C#N)c1nnc2n1CCCCC2. The molecule has 0 saturated heterocycles. The molecule has 0 fully saturated rings. The number of aryl methyl sites for hydroxylation is 1. The van der Waals surface area contributed by atoms with E-state index in [-0.39, 0.29) is 11.3 Å². The maximum absolute atomic E-state index is 13.1. The molecule has 0 radical (unpaired) electrons. The van der Waals surface area contributed by atoms with E-state index in [0.717, 1.165) is 43.6 Å². The molecule has 7 nitrogen and oxygen atoms in total. The molecule has 1 aromatic carbocycles. The number of nitrogens with zero attached hydrogens (tertiary/aromatic N) is 5. The standard InChI is InChI=1S/C22H21N5O2S/c1-2-11-27-21(29)18(13-15-7-9-16(28)10-8-15)30-22(27)17(14-23)20-25-24-19-6-4-3-5-12-26(19)20/h2,7-10,13,28H,1,3-6,11-12H2/b18-13?,22-17+. The van der Waals surface area contributed by atoms with Gasteiger partial charge in [-0.15, -0.1) is 28.1 Å². The molecule has 3 aromatic rings. The van der Waals surface area contributed by atoms with Crippen LogP contribution in [0.15, 0.2) is 41.7 Å². The number of allylic oxidation sites excluding steroid dienone is 1. The van der Waals surface area contributed by atoms with Crippen molar-refractivity contribution in [2.45, 2.75) is 38.8 Å². The van der Waals surface area contributed by atoms with Gasteiger partial charge in [-0.3, -0.25) is 9.36 Å². The lowest BCUT2D eigenvalue weighted by molar-refractivity contribution is 0.475. The number of hydrogen-bond acceptors (Lipinski definition) is 6. The lowest BCUT2D eigenvalue weighted by atomic mass is 10.2. The minimum atomic E-state index is -0.189. The Morgan fingerprint density at radius 2 is 2.07 bits per heavy atom. The highest BCUT2D eigenvalue weighted by Gasteiger charge is 2.20. The van der Waals surface area contributed by atoms with Crippen molar-refractivity contribution >= 4 is 23.0 Å². The first-order valence-electron chi connectivity index (χ1n) is 9.80. The Balaban J connectivity index is 1.97. The number of fused-ring (bicyclic) bond motifs is 1. The molecule has 30 heavy (non-hydrogen) atoms. The zero-order chi connectivity index (χ0) is 21.1. The summed E-state index contributed by atoms with van der Waals surface area (Å²) in [6.07, 6.45) is 7.44. The van der Waals surface area contributed by atoms with Crippen LogP contribution in [0.25, 0.3) is 11.6 Å². The highest BCUT2D eigenvalue weighted by atomic mass is 32.1. The van der Waals surface area contributed by atoms with E-state index in [4.69, 9.17) is 0 Å². The predicted octanol–water partition coefficient (Wildman–Crippen LogP) is 1.67. The highest BCUT2D eigenvalue weighted by molar-refractivity contribution is 7.07. The van der Waals surface area contributed by atoms with Crippen LogP contribution in [0.5, 0.6) is 5.75 Å². The van der Waals surface area contributed by atoms with Gasteiger partial charge in [-0.2, -0.15) is 5.26 Å². The van der Waals surface area contributed by atoms with Gasteiger partial charge < -0.3 is 9.67 Å². The van der Waals surface area contributed by atoms with Crippen LogP contribution in [0.3, 0.4) is 0 Å². The topological polar surface area (TPSA) is 96.7 Å². The van der Waals surface area contributed by atoms with E-state index in [1.165, 1.54) is 11.3 Å². The number of rotatable bonds is 4. The summed E-state index contributed by atoms with van der Waals surface area (Å²) in [5, 5.41) is 28.1. The van der Waals surface area contributed by atoms with Crippen LogP contribution in [-0.4, -0.2) is 24.4 Å². The zero-order valence-electron chi connectivity index (χ0n) is 16.4. The van der Waals surface area contributed by atoms with E-state index in [1.54, 1.807) is 41.0 Å². The summed E-state index contributed by atoms with van der Waals surface area (Å²) >= 11 is 1.26. The Morgan fingerprint density at radius 3 is 2.80 bits per heavy atom. The highest BCUT2D eigenvalue weighted by Crippen LogP contribution is 2.18. The van der Waals surface area contributed by atoms with Crippen molar-refractivity contribution in [3.8, 4) is 11.8 Å². The lowest BCUT2D eigenvalue weighted by Crippen LogP contribution is -2.32. The first-order valence-corrected chi connectivity index (χ1v) is 10.6. The number of phenolic OH excluding ortho intramolecular Hbond substituents is 1. The van der Waals surface area contributed by atoms with Gasteiger partial charge in [-0.1, -0.05) is 24.6 Å². The molecule has 0 saturated carbocycles. The fourth-order valence-corrected chi connectivity index (χ4v) is 4.69. The van der Waals surface area contributed by atoms with Crippen molar-refractivity contribution in [2.75, 3.05) is 0 Å². The summed E-state index contributed by atoms with van der Waals surface area (Å²) in [6, 6.07) is 8.88. The van der Waals surface area contributed by atoms with Crippen molar-refractivity contribution in [3.05, 3.63) is 73.7 Å². The third-order valence-electron chi connectivity index (χ3n) is 5.07.